The van der Waals surface area contributed by atoms with E-state index < -0.39 is 0 Å². The van der Waals surface area contributed by atoms with Crippen molar-refractivity contribution < 1.29 is 9.21 Å². The van der Waals surface area contributed by atoms with Gasteiger partial charge in [-0.2, -0.15) is 0 Å². The molecule has 1 fully saturated rings. The standard InChI is InChI=1S/C16H18BrN3O2S/c17-13-8-4-3-7-12(13)15-18-19-16(22-15)23-11-14(21)20-9-5-1-2-6-10-20/h3-4,7-8H,1-2,5-6,9-11H2. The van der Waals surface area contributed by atoms with Gasteiger partial charge in [-0.25, -0.2) is 0 Å². The number of carbonyl (C=O) groups excluding carboxylic acids is 1. The van der Waals surface area contributed by atoms with E-state index in [1.165, 1.54) is 24.6 Å². The average Bonchev–Trinajstić information content (AvgIpc) is 2.86. The van der Waals surface area contributed by atoms with Crippen LogP contribution in [0.25, 0.3) is 11.5 Å². The molecule has 5 nitrogen and oxygen atoms in total. The molecule has 1 amide bonds. The summed E-state index contributed by atoms with van der Waals surface area (Å²) in [6, 6.07) is 7.68. The summed E-state index contributed by atoms with van der Waals surface area (Å²) >= 11 is 4.77. The van der Waals surface area contributed by atoms with Gasteiger partial charge in [0.2, 0.25) is 11.8 Å². The monoisotopic (exact) mass is 395 g/mol. The van der Waals surface area contributed by atoms with Crippen LogP contribution in [0.5, 0.6) is 0 Å². The van der Waals surface area contributed by atoms with Crippen LogP contribution < -0.4 is 0 Å². The molecule has 0 spiro atoms. The van der Waals surface area contributed by atoms with E-state index >= 15 is 0 Å². The number of likely N-dealkylation sites (tertiary alicyclic amines) is 1. The van der Waals surface area contributed by atoms with Crippen molar-refractivity contribution in [3.05, 3.63) is 28.7 Å². The number of hydrogen-bond donors (Lipinski definition) is 0. The van der Waals surface area contributed by atoms with Gasteiger partial charge in [-0.1, -0.05) is 36.7 Å². The van der Waals surface area contributed by atoms with Crippen molar-refractivity contribution in [2.24, 2.45) is 0 Å². The molecule has 23 heavy (non-hydrogen) atoms. The summed E-state index contributed by atoms with van der Waals surface area (Å²) in [5.41, 5.74) is 0.852. The Morgan fingerprint density at radius 1 is 1.17 bits per heavy atom. The molecule has 2 aromatic rings. The first kappa shape index (κ1) is 16.5. The molecule has 1 aliphatic rings. The molecule has 0 unspecified atom stereocenters. The summed E-state index contributed by atoms with van der Waals surface area (Å²) in [5.74, 6) is 0.956. The Balaban J connectivity index is 1.59. The normalized spacial score (nSPS) is 15.4. The molecule has 0 radical (unpaired) electrons. The molecule has 1 aromatic heterocycles. The zero-order valence-corrected chi connectivity index (χ0v) is 15.1. The number of nitrogens with zero attached hydrogens (tertiary/aromatic N) is 3. The van der Waals surface area contributed by atoms with E-state index in [-0.39, 0.29) is 5.91 Å². The molecular weight excluding hydrogens is 378 g/mol. The molecule has 122 valence electrons. The molecule has 0 aliphatic carbocycles. The Hall–Kier alpha value is -1.34. The fraction of sp³-hybridized carbons (Fsp3) is 0.438. The van der Waals surface area contributed by atoms with Crippen molar-refractivity contribution in [1.82, 2.24) is 15.1 Å². The third-order valence-electron chi connectivity index (χ3n) is 3.79. The third kappa shape index (κ3) is 4.35. The van der Waals surface area contributed by atoms with Gasteiger partial charge in [-0.15, -0.1) is 10.2 Å². The number of carbonyl (C=O) groups is 1. The Bertz CT molecular complexity index is 669. The van der Waals surface area contributed by atoms with Gasteiger partial charge in [0, 0.05) is 17.6 Å². The smallest absolute Gasteiger partial charge is 0.277 e. The van der Waals surface area contributed by atoms with Crippen LogP contribution in [-0.4, -0.2) is 39.8 Å². The first-order valence-electron chi connectivity index (χ1n) is 7.73. The lowest BCUT2D eigenvalue weighted by Gasteiger charge is -2.19. The Morgan fingerprint density at radius 3 is 2.65 bits per heavy atom. The lowest BCUT2D eigenvalue weighted by molar-refractivity contribution is -0.128. The first-order chi connectivity index (χ1) is 11.2. The second kappa shape index (κ2) is 7.97. The predicted molar refractivity (Wildman–Crippen MR) is 93.2 cm³/mol. The summed E-state index contributed by atoms with van der Waals surface area (Å²) < 4.78 is 6.56. The van der Waals surface area contributed by atoms with Crippen LogP contribution in [0.15, 0.2) is 38.4 Å². The van der Waals surface area contributed by atoms with Crippen LogP contribution in [0.2, 0.25) is 0 Å². The van der Waals surface area contributed by atoms with Crippen LogP contribution in [-0.2, 0) is 4.79 Å². The minimum absolute atomic E-state index is 0.151. The highest BCUT2D eigenvalue weighted by atomic mass is 79.9. The minimum atomic E-state index is 0.151. The third-order valence-corrected chi connectivity index (χ3v) is 5.28. The van der Waals surface area contributed by atoms with Crippen molar-refractivity contribution in [2.75, 3.05) is 18.8 Å². The lowest BCUT2D eigenvalue weighted by atomic mass is 10.2. The zero-order valence-electron chi connectivity index (χ0n) is 12.7. The van der Waals surface area contributed by atoms with Gasteiger partial charge in [0.25, 0.3) is 5.22 Å². The molecule has 0 N–H and O–H groups in total. The molecule has 0 bridgehead atoms. The zero-order chi connectivity index (χ0) is 16.1. The summed E-state index contributed by atoms with van der Waals surface area (Å²) in [5, 5.41) is 8.51. The van der Waals surface area contributed by atoms with Gasteiger partial charge in [-0.05, 0) is 40.9 Å². The summed E-state index contributed by atoms with van der Waals surface area (Å²) in [6.07, 6.45) is 4.64. The molecule has 1 aliphatic heterocycles. The summed E-state index contributed by atoms with van der Waals surface area (Å²) in [7, 11) is 0. The van der Waals surface area contributed by atoms with Crippen molar-refractivity contribution in [3.8, 4) is 11.5 Å². The first-order valence-corrected chi connectivity index (χ1v) is 9.51. The van der Waals surface area contributed by atoms with E-state index in [0.717, 1.165) is 36.0 Å². The van der Waals surface area contributed by atoms with Crippen LogP contribution in [0.3, 0.4) is 0 Å². The van der Waals surface area contributed by atoms with E-state index in [9.17, 15) is 4.79 Å². The van der Waals surface area contributed by atoms with Crippen LogP contribution in [0.4, 0.5) is 0 Å². The largest absolute Gasteiger partial charge is 0.411 e. The number of hydrogen-bond acceptors (Lipinski definition) is 5. The highest BCUT2D eigenvalue weighted by molar-refractivity contribution is 9.10. The highest BCUT2D eigenvalue weighted by Gasteiger charge is 2.18. The molecule has 0 atom stereocenters. The lowest BCUT2D eigenvalue weighted by Crippen LogP contribution is -2.33. The average molecular weight is 396 g/mol. The van der Waals surface area contributed by atoms with E-state index in [1.54, 1.807) is 0 Å². The Labute approximate surface area is 148 Å². The second-order valence-electron chi connectivity index (χ2n) is 5.44. The minimum Gasteiger partial charge on any atom is -0.411 e. The van der Waals surface area contributed by atoms with E-state index in [1.807, 2.05) is 29.2 Å². The molecule has 3 rings (SSSR count). The predicted octanol–water partition coefficient (Wildman–Crippen LogP) is 3.99. The fourth-order valence-corrected chi connectivity index (χ4v) is 3.67. The van der Waals surface area contributed by atoms with E-state index in [4.69, 9.17) is 4.42 Å². The van der Waals surface area contributed by atoms with E-state index in [2.05, 4.69) is 26.1 Å². The van der Waals surface area contributed by atoms with E-state index in [0.29, 0.717) is 16.9 Å². The maximum atomic E-state index is 12.3. The van der Waals surface area contributed by atoms with Gasteiger partial charge >= 0.3 is 0 Å². The Kier molecular flexibility index (Phi) is 5.72. The molecule has 7 heteroatoms. The summed E-state index contributed by atoms with van der Waals surface area (Å²) in [6.45, 7) is 1.73. The molecule has 0 saturated carbocycles. The number of aromatic nitrogens is 2. The summed E-state index contributed by atoms with van der Waals surface area (Å²) in [4.78, 5) is 14.2. The quantitative estimate of drug-likeness (QED) is 0.732. The number of amides is 1. The molecule has 1 aromatic carbocycles. The number of halogens is 1. The van der Waals surface area contributed by atoms with Crippen LogP contribution in [0, 0.1) is 0 Å². The van der Waals surface area contributed by atoms with Gasteiger partial charge in [0.05, 0.1) is 11.3 Å². The van der Waals surface area contributed by atoms with Crippen molar-refractivity contribution in [3.63, 3.8) is 0 Å². The van der Waals surface area contributed by atoms with Gasteiger partial charge in [-0.3, -0.25) is 4.79 Å². The second-order valence-corrected chi connectivity index (χ2v) is 7.22. The van der Waals surface area contributed by atoms with Crippen molar-refractivity contribution in [2.45, 2.75) is 30.9 Å². The highest BCUT2D eigenvalue weighted by Crippen LogP contribution is 2.29. The van der Waals surface area contributed by atoms with Gasteiger partial charge in [0.1, 0.15) is 0 Å². The number of benzene rings is 1. The maximum Gasteiger partial charge on any atom is 0.277 e. The maximum absolute atomic E-state index is 12.3. The van der Waals surface area contributed by atoms with Gasteiger partial charge in [0.15, 0.2) is 0 Å². The number of rotatable bonds is 4. The van der Waals surface area contributed by atoms with Crippen molar-refractivity contribution >= 4 is 33.6 Å². The molecule has 1 saturated heterocycles. The fourth-order valence-electron chi connectivity index (χ4n) is 2.55. The molecular formula is C16H18BrN3O2S. The SMILES string of the molecule is O=C(CSc1nnc(-c2ccccc2Br)o1)N1CCCCCC1. The van der Waals surface area contributed by atoms with Crippen LogP contribution >= 0.6 is 27.7 Å². The topological polar surface area (TPSA) is 59.2 Å². The van der Waals surface area contributed by atoms with Gasteiger partial charge < -0.3 is 9.32 Å². The number of thioether (sulfide) groups is 1. The van der Waals surface area contributed by atoms with Crippen molar-refractivity contribution in [1.29, 1.82) is 0 Å². The molecule has 2 heterocycles. The van der Waals surface area contributed by atoms with Crippen LogP contribution in [0.1, 0.15) is 25.7 Å². The Morgan fingerprint density at radius 2 is 1.91 bits per heavy atom.